The highest BCUT2D eigenvalue weighted by Gasteiger charge is 2.32. The molecule has 5 rings (SSSR count). The zero-order valence-corrected chi connectivity index (χ0v) is 21.0. The molecule has 0 fully saturated rings. The third-order valence-corrected chi connectivity index (χ3v) is 6.60. The zero-order valence-electron chi connectivity index (χ0n) is 20.2. The number of hydrogen-bond acceptors (Lipinski definition) is 6. The lowest BCUT2D eigenvalue weighted by atomic mass is 10.1. The molecular weight excluding hydrogens is 474 g/mol. The molecule has 3 aromatic rings. The lowest BCUT2D eigenvalue weighted by Gasteiger charge is -2.18. The van der Waals surface area contributed by atoms with Gasteiger partial charge in [-0.15, -0.1) is 0 Å². The number of ether oxygens (including phenoxy) is 2. The maximum Gasteiger partial charge on any atom is 0.283 e. The number of aliphatic imine (C=N–C) groups is 1. The predicted molar refractivity (Wildman–Crippen MR) is 144 cm³/mol. The highest BCUT2D eigenvalue weighted by atomic mass is 32.2. The average molecular weight is 500 g/mol. The Morgan fingerprint density at radius 1 is 0.972 bits per heavy atom. The van der Waals surface area contributed by atoms with Crippen LogP contribution < -0.4 is 19.7 Å². The molecule has 2 amide bonds. The van der Waals surface area contributed by atoms with Crippen molar-refractivity contribution in [3.63, 3.8) is 0 Å². The molecule has 1 N–H and O–H groups in total. The Morgan fingerprint density at radius 3 is 2.44 bits per heavy atom. The number of amides is 2. The largest absolute Gasteiger partial charge is 0.454 e. The van der Waals surface area contributed by atoms with Gasteiger partial charge in [-0.05, 0) is 79.9 Å². The number of carbonyl (C=O) groups excluding carboxylic acids is 2. The molecule has 0 unspecified atom stereocenters. The molecule has 0 saturated heterocycles. The summed E-state index contributed by atoms with van der Waals surface area (Å²) in [7, 11) is 0. The summed E-state index contributed by atoms with van der Waals surface area (Å²) < 4.78 is 10.8. The fourth-order valence-electron chi connectivity index (χ4n) is 4.05. The number of nitrogens with one attached hydrogen (secondary N) is 1. The van der Waals surface area contributed by atoms with Crippen LogP contribution in [0.5, 0.6) is 11.5 Å². The van der Waals surface area contributed by atoms with Crippen LogP contribution in [0, 0.1) is 20.8 Å². The van der Waals surface area contributed by atoms with Crippen molar-refractivity contribution in [2.45, 2.75) is 20.8 Å². The van der Waals surface area contributed by atoms with Crippen LogP contribution in [-0.4, -0.2) is 29.5 Å². The number of carbonyl (C=O) groups is 2. The van der Waals surface area contributed by atoms with E-state index < -0.39 is 0 Å². The monoisotopic (exact) mass is 499 g/mol. The van der Waals surface area contributed by atoms with Gasteiger partial charge in [0, 0.05) is 5.69 Å². The van der Waals surface area contributed by atoms with Crippen molar-refractivity contribution in [1.82, 2.24) is 0 Å². The van der Waals surface area contributed by atoms with E-state index in [0.29, 0.717) is 22.4 Å². The molecule has 0 bridgehead atoms. The van der Waals surface area contributed by atoms with Gasteiger partial charge in [-0.1, -0.05) is 41.6 Å². The van der Waals surface area contributed by atoms with E-state index >= 15 is 0 Å². The van der Waals surface area contributed by atoms with Crippen LogP contribution in [0.2, 0.25) is 0 Å². The van der Waals surface area contributed by atoms with E-state index in [1.807, 2.05) is 75.4 Å². The van der Waals surface area contributed by atoms with E-state index in [4.69, 9.17) is 9.47 Å². The van der Waals surface area contributed by atoms with Crippen molar-refractivity contribution >= 4 is 46.2 Å². The molecule has 182 valence electrons. The Balaban J connectivity index is 1.39. The molecule has 7 nitrogen and oxygen atoms in total. The smallest absolute Gasteiger partial charge is 0.283 e. The van der Waals surface area contributed by atoms with Gasteiger partial charge in [0.25, 0.3) is 5.91 Å². The lowest BCUT2D eigenvalue weighted by molar-refractivity contribution is -0.114. The minimum absolute atomic E-state index is 0.110. The van der Waals surface area contributed by atoms with Gasteiger partial charge >= 0.3 is 0 Å². The first-order chi connectivity index (χ1) is 17.4. The standard InChI is InChI=1S/C28H25N3O4S/c1-17-4-7-22(8-5-17)31-27(33)23(13-20-6-9-24-25(14-20)35-16-34-24)30-28(31)36-15-26(32)29-21-11-18(2)10-19(3)12-21/h4-14H,15-16H2,1-3H3,(H,29,32). The highest BCUT2D eigenvalue weighted by molar-refractivity contribution is 8.14. The van der Waals surface area contributed by atoms with E-state index in [0.717, 1.165) is 27.9 Å². The third kappa shape index (κ3) is 5.13. The van der Waals surface area contributed by atoms with Gasteiger partial charge in [-0.25, -0.2) is 4.99 Å². The number of amidine groups is 1. The van der Waals surface area contributed by atoms with Crippen LogP contribution in [0.25, 0.3) is 6.08 Å². The van der Waals surface area contributed by atoms with Crippen molar-refractivity contribution < 1.29 is 19.1 Å². The minimum atomic E-state index is -0.256. The molecule has 0 atom stereocenters. The maximum atomic E-state index is 13.4. The molecule has 0 spiro atoms. The molecule has 3 aromatic carbocycles. The van der Waals surface area contributed by atoms with Gasteiger partial charge in [0.15, 0.2) is 16.7 Å². The number of aryl methyl sites for hydroxylation is 3. The Hall–Kier alpha value is -4.04. The molecule has 36 heavy (non-hydrogen) atoms. The van der Waals surface area contributed by atoms with Crippen molar-refractivity contribution in [1.29, 1.82) is 0 Å². The van der Waals surface area contributed by atoms with Gasteiger partial charge in [-0.2, -0.15) is 0 Å². The second-order valence-electron chi connectivity index (χ2n) is 8.73. The van der Waals surface area contributed by atoms with Gasteiger partial charge < -0.3 is 14.8 Å². The summed E-state index contributed by atoms with van der Waals surface area (Å²) in [4.78, 5) is 32.3. The van der Waals surface area contributed by atoms with Crippen LogP contribution in [0.4, 0.5) is 11.4 Å². The predicted octanol–water partition coefficient (Wildman–Crippen LogP) is 5.46. The topological polar surface area (TPSA) is 80.2 Å². The van der Waals surface area contributed by atoms with Crippen LogP contribution in [0.1, 0.15) is 22.3 Å². The van der Waals surface area contributed by atoms with Gasteiger partial charge in [-0.3, -0.25) is 14.5 Å². The number of thioether (sulfide) groups is 1. The highest BCUT2D eigenvalue weighted by Crippen LogP contribution is 2.34. The van der Waals surface area contributed by atoms with Crippen molar-refractivity contribution in [3.8, 4) is 11.5 Å². The average Bonchev–Trinajstić information content (AvgIpc) is 3.42. The zero-order chi connectivity index (χ0) is 25.2. The van der Waals surface area contributed by atoms with E-state index in [-0.39, 0.29) is 30.1 Å². The van der Waals surface area contributed by atoms with Crippen LogP contribution in [-0.2, 0) is 9.59 Å². The molecule has 2 heterocycles. The second-order valence-corrected chi connectivity index (χ2v) is 9.67. The number of benzene rings is 3. The molecular formula is C28H25N3O4S. The lowest BCUT2D eigenvalue weighted by Crippen LogP contribution is -2.31. The van der Waals surface area contributed by atoms with Crippen LogP contribution >= 0.6 is 11.8 Å². The summed E-state index contributed by atoms with van der Waals surface area (Å²) in [6.45, 7) is 6.15. The van der Waals surface area contributed by atoms with E-state index in [2.05, 4.69) is 16.4 Å². The summed E-state index contributed by atoms with van der Waals surface area (Å²) in [5.74, 6) is 0.988. The summed E-state index contributed by atoms with van der Waals surface area (Å²) in [6.07, 6.45) is 1.72. The Labute approximate surface area is 213 Å². The Kier molecular flexibility index (Phi) is 6.52. The van der Waals surface area contributed by atoms with Gasteiger partial charge in [0.1, 0.15) is 5.70 Å². The third-order valence-electron chi connectivity index (χ3n) is 5.66. The first-order valence-corrected chi connectivity index (χ1v) is 12.5. The fraction of sp³-hybridized carbons (Fsp3) is 0.179. The van der Waals surface area contributed by atoms with Crippen molar-refractivity contribution in [2.75, 3.05) is 22.8 Å². The SMILES string of the molecule is Cc1ccc(N2C(=O)C(=Cc3ccc4c(c3)OCO4)N=C2SCC(=O)Nc2cc(C)cc(C)c2)cc1. The molecule has 2 aliphatic heterocycles. The molecule has 0 radical (unpaired) electrons. The van der Waals surface area contributed by atoms with Crippen molar-refractivity contribution in [3.05, 3.63) is 88.6 Å². The Bertz CT molecular complexity index is 1390. The first-order valence-electron chi connectivity index (χ1n) is 11.5. The van der Waals surface area contributed by atoms with Gasteiger partial charge in [0.05, 0.1) is 11.4 Å². The summed E-state index contributed by atoms with van der Waals surface area (Å²) in [5, 5.41) is 3.39. The number of anilines is 2. The van der Waals surface area contributed by atoms with Crippen LogP contribution in [0.15, 0.2) is 71.4 Å². The molecule has 0 saturated carbocycles. The van der Waals surface area contributed by atoms with Crippen molar-refractivity contribution in [2.24, 2.45) is 4.99 Å². The molecule has 0 aliphatic carbocycles. The molecule has 8 heteroatoms. The maximum absolute atomic E-state index is 13.4. The molecule has 0 aromatic heterocycles. The number of rotatable bonds is 5. The number of hydrogen-bond donors (Lipinski definition) is 1. The summed E-state index contributed by atoms with van der Waals surface area (Å²) in [5.41, 5.74) is 5.74. The normalized spacial score (nSPS) is 15.4. The number of nitrogens with zero attached hydrogens (tertiary/aromatic N) is 2. The minimum Gasteiger partial charge on any atom is -0.454 e. The molecule has 2 aliphatic rings. The quantitative estimate of drug-likeness (QED) is 0.472. The summed E-state index contributed by atoms with van der Waals surface area (Å²) >= 11 is 1.22. The van der Waals surface area contributed by atoms with E-state index in [1.165, 1.54) is 11.8 Å². The summed E-state index contributed by atoms with van der Waals surface area (Å²) in [6, 6.07) is 19.0. The van der Waals surface area contributed by atoms with E-state index in [9.17, 15) is 9.59 Å². The van der Waals surface area contributed by atoms with Crippen LogP contribution in [0.3, 0.4) is 0 Å². The number of fused-ring (bicyclic) bond motifs is 1. The second kappa shape index (κ2) is 9.91. The van der Waals surface area contributed by atoms with Gasteiger partial charge in [0.2, 0.25) is 12.7 Å². The Morgan fingerprint density at radius 2 is 1.69 bits per heavy atom. The van der Waals surface area contributed by atoms with E-state index in [1.54, 1.807) is 11.0 Å². The first kappa shape index (κ1) is 23.7. The fourth-order valence-corrected chi connectivity index (χ4v) is 4.86.